The van der Waals surface area contributed by atoms with Gasteiger partial charge in [0.15, 0.2) is 0 Å². The van der Waals surface area contributed by atoms with Gasteiger partial charge in [-0.15, -0.1) is 30.0 Å². The number of unbranched alkanes of at least 4 members (excludes halogenated alkanes) is 1. The number of likely N-dealkylation sites (tertiary alicyclic amines) is 1. The van der Waals surface area contributed by atoms with E-state index in [-0.39, 0.29) is 50.1 Å². The Morgan fingerprint density at radius 2 is 2.02 bits per heavy atom. The molecule has 2 unspecified atom stereocenters. The molecular formula is C32H43N5O5S. The van der Waals surface area contributed by atoms with Gasteiger partial charge >= 0.3 is 5.97 Å². The lowest BCUT2D eigenvalue weighted by Crippen LogP contribution is -2.57. The number of ether oxygens (including phenoxy) is 1. The predicted molar refractivity (Wildman–Crippen MR) is 166 cm³/mol. The van der Waals surface area contributed by atoms with E-state index < -0.39 is 33.4 Å². The number of aromatic nitrogens is 3. The van der Waals surface area contributed by atoms with Crippen LogP contribution in [0.2, 0.25) is 0 Å². The van der Waals surface area contributed by atoms with Gasteiger partial charge in [-0.2, -0.15) is 0 Å². The number of fused-ring (bicyclic) bond motifs is 2. The summed E-state index contributed by atoms with van der Waals surface area (Å²) >= 11 is 1.60. The number of carbonyl (C=O) groups excluding carboxylic acids is 3. The SMILES string of the molecule is C=CCCCOC(=O)[C@H]1[C@H]2C(=O)N([C@@H](CO)CC(C)C)C(C(=O)N(CC=C)Cn3nnc4ccccc43)C23CC[C@]1(C)S3. The molecular weight excluding hydrogens is 566 g/mol. The first kappa shape index (κ1) is 31.3. The van der Waals surface area contributed by atoms with Crippen molar-refractivity contribution in [2.75, 3.05) is 19.8 Å². The summed E-state index contributed by atoms with van der Waals surface area (Å²) in [6, 6.07) is 6.12. The summed E-state index contributed by atoms with van der Waals surface area (Å²) < 4.78 is 6.06. The summed E-state index contributed by atoms with van der Waals surface area (Å²) in [7, 11) is 0. The van der Waals surface area contributed by atoms with Crippen LogP contribution in [0.4, 0.5) is 0 Å². The quantitative estimate of drug-likeness (QED) is 0.195. The number of aliphatic hydroxyl groups is 1. The van der Waals surface area contributed by atoms with Gasteiger partial charge < -0.3 is 19.6 Å². The van der Waals surface area contributed by atoms with Crippen LogP contribution in [0.1, 0.15) is 52.9 Å². The Kier molecular flexibility index (Phi) is 9.04. The second-order valence-electron chi connectivity index (χ2n) is 12.6. The van der Waals surface area contributed by atoms with Gasteiger partial charge in [-0.1, -0.05) is 43.3 Å². The summed E-state index contributed by atoms with van der Waals surface area (Å²) in [5.41, 5.74) is 1.50. The largest absolute Gasteiger partial charge is 0.465 e. The molecule has 3 saturated heterocycles. The standard InChI is InChI=1S/C32H43N5O5S/c1-6-8-11-17-42-30(41)26-25-28(39)37(22(19-38)18-21(3)4)27(32(25)15-14-31(26,5)43-32)29(40)35(16-7-2)20-36-24-13-10-9-12-23(24)33-34-36/h6-7,9-10,12-13,21-22,25-27,38H,1-2,8,11,14-20H2,3-5H3/t22-,25+,26-,27?,31+,32?/m1/s1. The molecule has 3 aliphatic heterocycles. The molecule has 1 aromatic heterocycles. The lowest BCUT2D eigenvalue weighted by molar-refractivity contribution is -0.156. The van der Waals surface area contributed by atoms with E-state index >= 15 is 0 Å². The Balaban J connectivity index is 1.54. The normalized spacial score (nSPS) is 28.3. The van der Waals surface area contributed by atoms with Gasteiger partial charge in [0.1, 0.15) is 18.2 Å². The van der Waals surface area contributed by atoms with Crippen LogP contribution in [0.3, 0.4) is 0 Å². The van der Waals surface area contributed by atoms with Crippen LogP contribution in [0.5, 0.6) is 0 Å². The molecule has 0 aliphatic carbocycles. The first-order chi connectivity index (χ1) is 20.6. The van der Waals surface area contributed by atoms with E-state index in [1.54, 1.807) is 38.4 Å². The molecule has 232 valence electrons. The Morgan fingerprint density at radius 3 is 2.72 bits per heavy atom. The second-order valence-corrected chi connectivity index (χ2v) is 14.5. The summed E-state index contributed by atoms with van der Waals surface area (Å²) in [6.07, 6.45) is 6.68. The average molecular weight is 610 g/mol. The van der Waals surface area contributed by atoms with Crippen LogP contribution in [0, 0.1) is 17.8 Å². The van der Waals surface area contributed by atoms with Crippen molar-refractivity contribution >= 4 is 40.6 Å². The zero-order valence-corrected chi connectivity index (χ0v) is 26.2. The minimum Gasteiger partial charge on any atom is -0.465 e. The maximum absolute atomic E-state index is 14.8. The average Bonchev–Trinajstić information content (AvgIpc) is 3.69. The molecule has 3 aliphatic rings. The number of esters is 1. The van der Waals surface area contributed by atoms with Gasteiger partial charge in [0.05, 0.1) is 41.4 Å². The smallest absolute Gasteiger partial charge is 0.311 e. The third-order valence-electron chi connectivity index (χ3n) is 9.23. The fourth-order valence-electron chi connectivity index (χ4n) is 7.43. The lowest BCUT2D eigenvalue weighted by Gasteiger charge is -2.40. The van der Waals surface area contributed by atoms with Crippen LogP contribution in [-0.4, -0.2) is 89.0 Å². The maximum atomic E-state index is 14.8. The molecule has 5 rings (SSSR count). The molecule has 2 amide bonds. The van der Waals surface area contributed by atoms with Crippen LogP contribution >= 0.6 is 11.8 Å². The molecule has 43 heavy (non-hydrogen) atoms. The molecule has 2 bridgehead atoms. The number of para-hydroxylation sites is 1. The number of benzene rings is 1. The Hall–Kier alpha value is -3.18. The molecule has 0 saturated carbocycles. The molecule has 3 fully saturated rings. The summed E-state index contributed by atoms with van der Waals surface area (Å²) in [5, 5.41) is 19.1. The van der Waals surface area contributed by atoms with Gasteiger partial charge in [-0.05, 0) is 57.1 Å². The second kappa shape index (κ2) is 12.4. The van der Waals surface area contributed by atoms with Crippen molar-refractivity contribution in [1.82, 2.24) is 24.8 Å². The van der Waals surface area contributed by atoms with E-state index in [1.807, 2.05) is 45.0 Å². The number of thioether (sulfide) groups is 1. The van der Waals surface area contributed by atoms with E-state index in [0.717, 1.165) is 17.5 Å². The number of allylic oxidation sites excluding steroid dienone is 1. The fourth-order valence-corrected chi connectivity index (χ4v) is 9.76. The van der Waals surface area contributed by atoms with Crippen molar-refractivity contribution in [2.24, 2.45) is 17.8 Å². The topological polar surface area (TPSA) is 118 Å². The molecule has 1 N–H and O–H groups in total. The molecule has 1 aromatic carbocycles. The van der Waals surface area contributed by atoms with Crippen molar-refractivity contribution < 1.29 is 24.2 Å². The molecule has 4 heterocycles. The minimum atomic E-state index is -0.860. The van der Waals surface area contributed by atoms with Gasteiger partial charge in [-0.25, -0.2) is 4.68 Å². The Bertz CT molecular complexity index is 1400. The van der Waals surface area contributed by atoms with E-state index in [1.165, 1.54) is 0 Å². The third-order valence-corrected chi connectivity index (χ3v) is 11.2. The highest BCUT2D eigenvalue weighted by Crippen LogP contribution is 2.72. The first-order valence-corrected chi connectivity index (χ1v) is 16.0. The number of amides is 2. The molecule has 0 radical (unpaired) electrons. The van der Waals surface area contributed by atoms with Crippen LogP contribution in [-0.2, 0) is 25.8 Å². The molecule has 6 atom stereocenters. The van der Waals surface area contributed by atoms with E-state index in [9.17, 15) is 19.5 Å². The van der Waals surface area contributed by atoms with Crippen molar-refractivity contribution in [2.45, 2.75) is 81.1 Å². The molecule has 10 nitrogen and oxygen atoms in total. The highest BCUT2D eigenvalue weighted by molar-refractivity contribution is 8.02. The molecule has 11 heteroatoms. The van der Waals surface area contributed by atoms with Crippen LogP contribution in [0.25, 0.3) is 11.0 Å². The Labute approximate surface area is 257 Å². The lowest BCUT2D eigenvalue weighted by atomic mass is 9.66. The van der Waals surface area contributed by atoms with Crippen LogP contribution < -0.4 is 0 Å². The van der Waals surface area contributed by atoms with Crippen LogP contribution in [0.15, 0.2) is 49.6 Å². The van der Waals surface area contributed by atoms with Crippen molar-refractivity contribution in [3.05, 3.63) is 49.6 Å². The highest BCUT2D eigenvalue weighted by atomic mass is 32.2. The number of carbonyl (C=O) groups is 3. The first-order valence-electron chi connectivity index (χ1n) is 15.2. The summed E-state index contributed by atoms with van der Waals surface area (Å²) in [5.74, 6) is -2.07. The summed E-state index contributed by atoms with van der Waals surface area (Å²) in [6.45, 7) is 14.0. The molecule has 2 aromatic rings. The van der Waals surface area contributed by atoms with Crippen molar-refractivity contribution in [1.29, 1.82) is 0 Å². The summed E-state index contributed by atoms with van der Waals surface area (Å²) in [4.78, 5) is 46.3. The van der Waals surface area contributed by atoms with Crippen molar-refractivity contribution in [3.8, 4) is 0 Å². The minimum absolute atomic E-state index is 0.120. The number of aliphatic hydroxyl groups excluding tert-OH is 1. The Morgan fingerprint density at radius 1 is 1.26 bits per heavy atom. The van der Waals surface area contributed by atoms with Gasteiger partial charge in [0, 0.05) is 11.3 Å². The number of hydrogen-bond donors (Lipinski definition) is 1. The monoisotopic (exact) mass is 609 g/mol. The fraction of sp³-hybridized carbons (Fsp3) is 0.594. The van der Waals surface area contributed by atoms with E-state index in [2.05, 4.69) is 23.5 Å². The zero-order valence-electron chi connectivity index (χ0n) is 25.4. The molecule has 1 spiro atoms. The van der Waals surface area contributed by atoms with Gasteiger partial charge in [-0.3, -0.25) is 14.4 Å². The zero-order chi connectivity index (χ0) is 30.9. The van der Waals surface area contributed by atoms with Crippen molar-refractivity contribution in [3.63, 3.8) is 0 Å². The van der Waals surface area contributed by atoms with E-state index in [4.69, 9.17) is 4.74 Å². The maximum Gasteiger partial charge on any atom is 0.311 e. The number of nitrogens with zero attached hydrogens (tertiary/aromatic N) is 5. The number of rotatable bonds is 14. The number of hydrogen-bond acceptors (Lipinski definition) is 8. The van der Waals surface area contributed by atoms with Gasteiger partial charge in [0.25, 0.3) is 0 Å². The third kappa shape index (κ3) is 5.39. The van der Waals surface area contributed by atoms with E-state index in [0.29, 0.717) is 25.7 Å². The van der Waals surface area contributed by atoms with Gasteiger partial charge in [0.2, 0.25) is 11.8 Å². The highest BCUT2D eigenvalue weighted by Gasteiger charge is 2.78. The predicted octanol–water partition coefficient (Wildman–Crippen LogP) is 3.80.